The SMILES string of the molecule is CCNC(=NCCCN1C(=O)C2C3C=CC(C3)C2C1=O)NCCC(OCC)C(C)C.I. The van der Waals surface area contributed by atoms with Crippen molar-refractivity contribution in [3.63, 3.8) is 0 Å². The first kappa shape index (κ1) is 26.1. The Hall–Kier alpha value is -1.16. The number of carbonyl (C=O) groups is 2. The maximum absolute atomic E-state index is 12.7. The van der Waals surface area contributed by atoms with Gasteiger partial charge in [-0.1, -0.05) is 26.0 Å². The standard InChI is InChI=1S/C23H38N4O3.HI/c1-5-24-23(26-12-10-18(15(3)4)30-6-2)25-11-7-13-27-21(28)19-16-8-9-17(14-16)20(19)22(27)29;/h8-9,15-20H,5-7,10-14H2,1-4H3,(H2,24,25,26);1H. The molecule has 1 saturated carbocycles. The van der Waals surface area contributed by atoms with Gasteiger partial charge in [0.1, 0.15) is 0 Å². The average molecular weight is 546 g/mol. The molecule has 5 unspecified atom stereocenters. The van der Waals surface area contributed by atoms with Crippen molar-refractivity contribution in [1.29, 1.82) is 0 Å². The highest BCUT2D eigenvalue weighted by Gasteiger charge is 2.58. The Morgan fingerprint density at radius 2 is 1.81 bits per heavy atom. The van der Waals surface area contributed by atoms with Gasteiger partial charge in [-0.25, -0.2) is 0 Å². The van der Waals surface area contributed by atoms with Crippen LogP contribution in [0.3, 0.4) is 0 Å². The van der Waals surface area contributed by atoms with Gasteiger partial charge in [0.05, 0.1) is 17.9 Å². The molecule has 2 amide bonds. The van der Waals surface area contributed by atoms with E-state index < -0.39 is 0 Å². The monoisotopic (exact) mass is 546 g/mol. The summed E-state index contributed by atoms with van der Waals surface area (Å²) >= 11 is 0. The molecule has 2 N–H and O–H groups in total. The van der Waals surface area contributed by atoms with Gasteiger partial charge in [-0.05, 0) is 50.9 Å². The second kappa shape index (κ2) is 12.2. The smallest absolute Gasteiger partial charge is 0.233 e. The number of fused-ring (bicyclic) bond motifs is 5. The Bertz CT molecular complexity index is 652. The third kappa shape index (κ3) is 6.00. The van der Waals surface area contributed by atoms with E-state index in [2.05, 4.69) is 41.6 Å². The number of aliphatic imine (C=N–C) groups is 1. The van der Waals surface area contributed by atoms with Crippen LogP contribution in [-0.2, 0) is 14.3 Å². The Labute approximate surface area is 203 Å². The second-order valence-electron chi connectivity index (χ2n) is 8.90. The normalized spacial score (nSPS) is 27.6. The van der Waals surface area contributed by atoms with Gasteiger partial charge < -0.3 is 15.4 Å². The fourth-order valence-corrected chi connectivity index (χ4v) is 5.10. The van der Waals surface area contributed by atoms with Gasteiger partial charge in [-0.2, -0.15) is 0 Å². The lowest BCUT2D eigenvalue weighted by molar-refractivity contribution is -0.140. The van der Waals surface area contributed by atoms with Crippen molar-refractivity contribution >= 4 is 41.8 Å². The number of carbonyl (C=O) groups excluding carboxylic acids is 2. The molecule has 2 aliphatic carbocycles. The minimum atomic E-state index is -0.103. The van der Waals surface area contributed by atoms with Crippen LogP contribution in [0.15, 0.2) is 17.1 Å². The lowest BCUT2D eigenvalue weighted by Crippen LogP contribution is -2.39. The number of likely N-dealkylation sites (tertiary alicyclic amines) is 1. The van der Waals surface area contributed by atoms with E-state index in [-0.39, 0.29) is 65.6 Å². The number of allylic oxidation sites excluding steroid dienone is 2. The van der Waals surface area contributed by atoms with Crippen LogP contribution < -0.4 is 10.6 Å². The highest BCUT2D eigenvalue weighted by molar-refractivity contribution is 14.0. The van der Waals surface area contributed by atoms with E-state index in [4.69, 9.17) is 4.74 Å². The summed E-state index contributed by atoms with van der Waals surface area (Å²) in [5, 5.41) is 6.62. The molecule has 5 atom stereocenters. The predicted molar refractivity (Wildman–Crippen MR) is 133 cm³/mol. The minimum Gasteiger partial charge on any atom is -0.378 e. The van der Waals surface area contributed by atoms with E-state index >= 15 is 0 Å². The number of hydrogen-bond donors (Lipinski definition) is 2. The van der Waals surface area contributed by atoms with Crippen LogP contribution >= 0.6 is 24.0 Å². The predicted octanol–water partition coefficient (Wildman–Crippen LogP) is 2.81. The van der Waals surface area contributed by atoms with Crippen molar-refractivity contribution in [2.45, 2.75) is 53.1 Å². The van der Waals surface area contributed by atoms with E-state index in [9.17, 15) is 9.59 Å². The maximum atomic E-state index is 12.7. The number of ether oxygens (including phenoxy) is 1. The van der Waals surface area contributed by atoms with Crippen LogP contribution in [0.2, 0.25) is 0 Å². The van der Waals surface area contributed by atoms with Gasteiger partial charge in [0.15, 0.2) is 5.96 Å². The molecule has 0 aromatic heterocycles. The van der Waals surface area contributed by atoms with Crippen LogP contribution in [-0.4, -0.2) is 61.6 Å². The summed E-state index contributed by atoms with van der Waals surface area (Å²) in [4.78, 5) is 31.6. The summed E-state index contributed by atoms with van der Waals surface area (Å²) in [5.74, 6) is 1.66. The molecular weight excluding hydrogens is 507 g/mol. The molecule has 8 heteroatoms. The van der Waals surface area contributed by atoms with Crippen molar-refractivity contribution < 1.29 is 14.3 Å². The van der Waals surface area contributed by atoms with E-state index in [1.807, 2.05) is 13.8 Å². The van der Waals surface area contributed by atoms with Gasteiger partial charge in [0, 0.05) is 32.8 Å². The van der Waals surface area contributed by atoms with Crippen molar-refractivity contribution in [2.24, 2.45) is 34.6 Å². The third-order valence-electron chi connectivity index (χ3n) is 6.56. The van der Waals surface area contributed by atoms with Crippen LogP contribution in [0, 0.1) is 29.6 Å². The van der Waals surface area contributed by atoms with E-state index in [1.165, 1.54) is 4.90 Å². The minimum absolute atomic E-state index is 0. The topological polar surface area (TPSA) is 83.0 Å². The average Bonchev–Trinajstić information content (AvgIpc) is 3.39. The van der Waals surface area contributed by atoms with Gasteiger partial charge in [-0.15, -0.1) is 24.0 Å². The zero-order chi connectivity index (χ0) is 21.7. The lowest BCUT2D eigenvalue weighted by Gasteiger charge is -2.21. The third-order valence-corrected chi connectivity index (χ3v) is 6.56. The largest absolute Gasteiger partial charge is 0.378 e. The summed E-state index contributed by atoms with van der Waals surface area (Å²) in [6.07, 6.45) is 7.09. The van der Waals surface area contributed by atoms with E-state index in [1.54, 1.807) is 0 Å². The molecule has 1 aliphatic heterocycles. The molecule has 3 aliphatic rings. The summed E-state index contributed by atoms with van der Waals surface area (Å²) in [7, 11) is 0. The van der Waals surface area contributed by atoms with Gasteiger partial charge in [-0.3, -0.25) is 19.5 Å². The summed E-state index contributed by atoms with van der Waals surface area (Å²) < 4.78 is 5.80. The number of hydrogen-bond acceptors (Lipinski definition) is 4. The quantitative estimate of drug-likeness (QED) is 0.104. The molecular formula is C23H39IN4O3. The highest BCUT2D eigenvalue weighted by atomic mass is 127. The fraction of sp³-hybridized carbons (Fsp3) is 0.783. The molecule has 2 fully saturated rings. The zero-order valence-electron chi connectivity index (χ0n) is 19.3. The van der Waals surface area contributed by atoms with Crippen molar-refractivity contribution in [3.8, 4) is 0 Å². The number of amides is 2. The number of halogens is 1. The molecule has 176 valence electrons. The molecule has 7 nitrogen and oxygen atoms in total. The van der Waals surface area contributed by atoms with Crippen LogP contribution in [0.25, 0.3) is 0 Å². The van der Waals surface area contributed by atoms with Crippen LogP contribution in [0.4, 0.5) is 0 Å². The van der Waals surface area contributed by atoms with Gasteiger partial charge in [0.2, 0.25) is 11.8 Å². The molecule has 31 heavy (non-hydrogen) atoms. The van der Waals surface area contributed by atoms with Crippen molar-refractivity contribution in [2.75, 3.05) is 32.8 Å². The van der Waals surface area contributed by atoms with Crippen LogP contribution in [0.5, 0.6) is 0 Å². The second-order valence-corrected chi connectivity index (χ2v) is 8.90. The van der Waals surface area contributed by atoms with Crippen molar-refractivity contribution in [1.82, 2.24) is 15.5 Å². The molecule has 3 rings (SSSR count). The van der Waals surface area contributed by atoms with E-state index in [0.717, 1.165) is 38.5 Å². The Balaban J connectivity index is 0.00000341. The molecule has 1 saturated heterocycles. The lowest BCUT2D eigenvalue weighted by atomic mass is 9.85. The van der Waals surface area contributed by atoms with Crippen molar-refractivity contribution in [3.05, 3.63) is 12.2 Å². The number of rotatable bonds is 11. The summed E-state index contributed by atoms with van der Waals surface area (Å²) in [6.45, 7) is 11.8. The highest BCUT2D eigenvalue weighted by Crippen LogP contribution is 2.52. The zero-order valence-corrected chi connectivity index (χ0v) is 21.6. The van der Waals surface area contributed by atoms with Gasteiger partial charge in [0.25, 0.3) is 0 Å². The molecule has 0 aromatic rings. The molecule has 2 bridgehead atoms. The van der Waals surface area contributed by atoms with Gasteiger partial charge >= 0.3 is 0 Å². The number of guanidine groups is 1. The molecule has 1 heterocycles. The summed E-state index contributed by atoms with van der Waals surface area (Å²) in [6, 6.07) is 0. The first-order valence-corrected chi connectivity index (χ1v) is 11.6. The Morgan fingerprint density at radius 3 is 2.35 bits per heavy atom. The maximum Gasteiger partial charge on any atom is 0.233 e. The first-order valence-electron chi connectivity index (χ1n) is 11.6. The number of nitrogens with one attached hydrogen (secondary N) is 2. The Morgan fingerprint density at radius 1 is 1.16 bits per heavy atom. The first-order chi connectivity index (χ1) is 14.5. The van der Waals surface area contributed by atoms with E-state index in [0.29, 0.717) is 25.4 Å². The Kier molecular flexibility index (Phi) is 10.3. The molecule has 0 aromatic carbocycles. The summed E-state index contributed by atoms with van der Waals surface area (Å²) in [5.41, 5.74) is 0. The number of nitrogens with zero attached hydrogens (tertiary/aromatic N) is 2. The fourth-order valence-electron chi connectivity index (χ4n) is 5.10. The molecule has 0 radical (unpaired) electrons. The number of imide groups is 1. The van der Waals surface area contributed by atoms with Crippen LogP contribution in [0.1, 0.15) is 47.0 Å². The molecule has 0 spiro atoms.